The lowest BCUT2D eigenvalue weighted by Crippen LogP contribution is -2.13. The van der Waals surface area contributed by atoms with Crippen molar-refractivity contribution >= 4 is 0 Å². The Morgan fingerprint density at radius 3 is 1.52 bits per heavy atom. The van der Waals surface area contributed by atoms with Crippen molar-refractivity contribution in [2.24, 2.45) is 23.7 Å². The van der Waals surface area contributed by atoms with E-state index >= 15 is 0 Å². The lowest BCUT2D eigenvalue weighted by Gasteiger charge is -2.23. The molecule has 1 heteroatoms. The van der Waals surface area contributed by atoms with Crippen LogP contribution in [-0.2, 0) is 0 Å². The molecule has 0 saturated carbocycles. The number of unbranched alkanes of at least 4 members (excludes halogenated alkanes) is 12. The maximum Gasteiger partial charge on any atom is 0.0655 e. The fourth-order valence-corrected chi connectivity index (χ4v) is 4.90. The molecule has 0 heterocycles. The predicted octanol–water partition coefficient (Wildman–Crippen LogP) is 10.7. The Labute approximate surface area is 197 Å². The van der Waals surface area contributed by atoms with Crippen LogP contribution in [0.15, 0.2) is 12.2 Å². The van der Waals surface area contributed by atoms with E-state index in [4.69, 9.17) is 0 Å². The van der Waals surface area contributed by atoms with Gasteiger partial charge in [0.2, 0.25) is 0 Å². The Balaban J connectivity index is 3.64. The standard InChI is InChI=1S/C30H57N/c1-6-7-8-9-10-11-12-13-14-15-16-17-18-19-20-21-22-29(26-31)25-30(23-27(2)3)24-28(4)5/h13-14,27-30H,6-12,15-25H2,1-5H3/b14-13-. The van der Waals surface area contributed by atoms with Gasteiger partial charge < -0.3 is 0 Å². The second kappa shape index (κ2) is 22.4. The summed E-state index contributed by atoms with van der Waals surface area (Å²) < 4.78 is 0. The van der Waals surface area contributed by atoms with E-state index in [-0.39, 0.29) is 5.92 Å². The van der Waals surface area contributed by atoms with Gasteiger partial charge in [0.15, 0.2) is 0 Å². The molecule has 0 aliphatic heterocycles. The van der Waals surface area contributed by atoms with Crippen LogP contribution in [0.25, 0.3) is 0 Å². The molecule has 0 rings (SSSR count). The Morgan fingerprint density at radius 2 is 1.06 bits per heavy atom. The van der Waals surface area contributed by atoms with E-state index < -0.39 is 0 Å². The topological polar surface area (TPSA) is 23.8 Å². The van der Waals surface area contributed by atoms with Crippen LogP contribution < -0.4 is 0 Å². The van der Waals surface area contributed by atoms with E-state index in [1.165, 1.54) is 103 Å². The van der Waals surface area contributed by atoms with E-state index in [1.54, 1.807) is 0 Å². The third kappa shape index (κ3) is 22.2. The van der Waals surface area contributed by atoms with Crippen LogP contribution in [0.5, 0.6) is 0 Å². The normalized spacial score (nSPS) is 13.0. The van der Waals surface area contributed by atoms with Gasteiger partial charge in [-0.05, 0) is 69.1 Å². The molecule has 0 fully saturated rings. The van der Waals surface area contributed by atoms with Crippen molar-refractivity contribution in [2.45, 2.75) is 150 Å². The molecule has 0 aromatic carbocycles. The summed E-state index contributed by atoms with van der Waals surface area (Å²) >= 11 is 0. The number of rotatable bonds is 22. The van der Waals surface area contributed by atoms with Crippen LogP contribution in [0.1, 0.15) is 150 Å². The molecule has 0 amide bonds. The first-order valence-electron chi connectivity index (χ1n) is 14.0. The monoisotopic (exact) mass is 431 g/mol. The minimum Gasteiger partial charge on any atom is -0.198 e. The van der Waals surface area contributed by atoms with Crippen molar-refractivity contribution in [1.29, 1.82) is 5.26 Å². The van der Waals surface area contributed by atoms with Gasteiger partial charge >= 0.3 is 0 Å². The van der Waals surface area contributed by atoms with Crippen LogP contribution in [-0.4, -0.2) is 0 Å². The van der Waals surface area contributed by atoms with Gasteiger partial charge in [-0.1, -0.05) is 111 Å². The number of hydrogen-bond donors (Lipinski definition) is 0. The average molecular weight is 432 g/mol. The molecule has 182 valence electrons. The highest BCUT2D eigenvalue weighted by Crippen LogP contribution is 2.28. The third-order valence-corrected chi connectivity index (χ3v) is 6.47. The van der Waals surface area contributed by atoms with Gasteiger partial charge in [-0.2, -0.15) is 5.26 Å². The SMILES string of the molecule is CCCCCCCC/C=C\CCCCCCCCC(C#N)CC(CC(C)C)CC(C)C. The molecule has 0 saturated heterocycles. The molecule has 1 atom stereocenters. The first-order valence-corrected chi connectivity index (χ1v) is 14.0. The quantitative estimate of drug-likeness (QED) is 0.123. The first-order chi connectivity index (χ1) is 15.0. The molecular weight excluding hydrogens is 374 g/mol. The van der Waals surface area contributed by atoms with Gasteiger partial charge in [0.25, 0.3) is 0 Å². The van der Waals surface area contributed by atoms with Crippen LogP contribution in [0.4, 0.5) is 0 Å². The van der Waals surface area contributed by atoms with Gasteiger partial charge in [0, 0.05) is 5.92 Å². The summed E-state index contributed by atoms with van der Waals surface area (Å²) in [6, 6.07) is 2.62. The minimum atomic E-state index is 0.277. The summed E-state index contributed by atoms with van der Waals surface area (Å²) in [5.41, 5.74) is 0. The number of hydrogen-bond acceptors (Lipinski definition) is 1. The van der Waals surface area contributed by atoms with Gasteiger partial charge in [-0.15, -0.1) is 0 Å². The molecule has 0 N–H and O–H groups in total. The summed E-state index contributed by atoms with van der Waals surface area (Å²) in [5, 5.41) is 9.61. The van der Waals surface area contributed by atoms with E-state index in [2.05, 4.69) is 52.8 Å². The van der Waals surface area contributed by atoms with Gasteiger partial charge in [0.05, 0.1) is 6.07 Å². The molecule has 31 heavy (non-hydrogen) atoms. The van der Waals surface area contributed by atoms with E-state index in [0.29, 0.717) is 0 Å². The minimum absolute atomic E-state index is 0.277. The third-order valence-electron chi connectivity index (χ3n) is 6.47. The van der Waals surface area contributed by atoms with E-state index in [0.717, 1.165) is 30.6 Å². The molecule has 0 radical (unpaired) electrons. The molecule has 1 nitrogen and oxygen atoms in total. The summed E-state index contributed by atoms with van der Waals surface area (Å²) in [6.45, 7) is 11.6. The molecule has 0 aliphatic rings. The smallest absolute Gasteiger partial charge is 0.0655 e. The molecule has 1 unspecified atom stereocenters. The average Bonchev–Trinajstić information content (AvgIpc) is 2.71. The van der Waals surface area contributed by atoms with E-state index in [9.17, 15) is 5.26 Å². The van der Waals surface area contributed by atoms with Crippen molar-refractivity contribution in [3.05, 3.63) is 12.2 Å². The van der Waals surface area contributed by atoms with Crippen LogP contribution in [0.3, 0.4) is 0 Å². The maximum atomic E-state index is 9.61. The van der Waals surface area contributed by atoms with Gasteiger partial charge in [-0.25, -0.2) is 0 Å². The Hall–Kier alpha value is -0.770. The summed E-state index contributed by atoms with van der Waals surface area (Å²) in [6.07, 6.45) is 28.5. The zero-order chi connectivity index (χ0) is 23.2. The summed E-state index contributed by atoms with van der Waals surface area (Å²) in [7, 11) is 0. The van der Waals surface area contributed by atoms with Crippen LogP contribution in [0, 0.1) is 35.0 Å². The van der Waals surface area contributed by atoms with Gasteiger partial charge in [0.1, 0.15) is 0 Å². The molecule has 0 aliphatic carbocycles. The molecule has 0 aromatic heterocycles. The maximum absolute atomic E-state index is 9.61. The van der Waals surface area contributed by atoms with E-state index in [1.807, 2.05) is 0 Å². The van der Waals surface area contributed by atoms with Crippen molar-refractivity contribution in [2.75, 3.05) is 0 Å². The van der Waals surface area contributed by atoms with Crippen molar-refractivity contribution in [3.63, 3.8) is 0 Å². The molecule has 0 aromatic rings. The zero-order valence-electron chi connectivity index (χ0n) is 22.1. The zero-order valence-corrected chi connectivity index (χ0v) is 22.1. The van der Waals surface area contributed by atoms with Crippen LogP contribution in [0.2, 0.25) is 0 Å². The number of allylic oxidation sites excluding steroid dienone is 2. The fourth-order valence-electron chi connectivity index (χ4n) is 4.90. The number of nitrogens with zero attached hydrogens (tertiary/aromatic N) is 1. The van der Waals surface area contributed by atoms with Crippen molar-refractivity contribution in [3.8, 4) is 6.07 Å². The number of nitriles is 1. The molecule has 0 spiro atoms. The lowest BCUT2D eigenvalue weighted by atomic mass is 9.82. The van der Waals surface area contributed by atoms with Gasteiger partial charge in [-0.3, -0.25) is 0 Å². The lowest BCUT2D eigenvalue weighted by molar-refractivity contribution is 0.291. The second-order valence-corrected chi connectivity index (χ2v) is 10.9. The second-order valence-electron chi connectivity index (χ2n) is 10.9. The largest absolute Gasteiger partial charge is 0.198 e. The predicted molar refractivity (Wildman–Crippen MR) is 140 cm³/mol. The van der Waals surface area contributed by atoms with Crippen molar-refractivity contribution in [1.82, 2.24) is 0 Å². The summed E-state index contributed by atoms with van der Waals surface area (Å²) in [4.78, 5) is 0. The van der Waals surface area contributed by atoms with Crippen LogP contribution >= 0.6 is 0 Å². The highest BCUT2D eigenvalue weighted by atomic mass is 14.3. The highest BCUT2D eigenvalue weighted by Gasteiger charge is 2.18. The van der Waals surface area contributed by atoms with Crippen molar-refractivity contribution < 1.29 is 0 Å². The Morgan fingerprint density at radius 1 is 0.613 bits per heavy atom. The Kier molecular flexibility index (Phi) is 21.9. The Bertz CT molecular complexity index is 418. The highest BCUT2D eigenvalue weighted by molar-refractivity contribution is 4.85. The molecular formula is C30H57N. The summed E-state index contributed by atoms with van der Waals surface area (Å²) in [5.74, 6) is 2.50. The molecule has 0 bridgehead atoms. The fraction of sp³-hybridized carbons (Fsp3) is 0.900. The first kappa shape index (κ1) is 30.2.